The van der Waals surface area contributed by atoms with Gasteiger partial charge in [-0.15, -0.1) is 0 Å². The van der Waals surface area contributed by atoms with Crippen molar-refractivity contribution in [3.8, 4) is 0 Å². The van der Waals surface area contributed by atoms with Gasteiger partial charge in [-0.1, -0.05) is 20.3 Å². The molecule has 0 atom stereocenters. The highest BCUT2D eigenvalue weighted by atomic mass is 16.5. The molecule has 2 N–H and O–H groups in total. The summed E-state index contributed by atoms with van der Waals surface area (Å²) in [6, 6.07) is 0. The molecule has 0 aliphatic heterocycles. The maximum Gasteiger partial charge on any atom is 0.407 e. The first-order valence-corrected chi connectivity index (χ1v) is 5.60. The fraction of sp³-hybridized carbons (Fsp3) is 0.818. The van der Waals surface area contributed by atoms with Crippen LogP contribution in [-0.4, -0.2) is 30.3 Å². The van der Waals surface area contributed by atoms with Crippen molar-refractivity contribution >= 4 is 12.1 Å². The van der Waals surface area contributed by atoms with Crippen molar-refractivity contribution in [2.45, 2.75) is 33.1 Å². The lowest BCUT2D eigenvalue weighted by atomic mass is 9.69. The number of hydrogen-bond acceptors (Lipinski definition) is 3. The van der Waals surface area contributed by atoms with Crippen molar-refractivity contribution in [3.63, 3.8) is 0 Å². The van der Waals surface area contributed by atoms with Gasteiger partial charge in [-0.2, -0.15) is 0 Å². The van der Waals surface area contributed by atoms with Gasteiger partial charge in [0, 0.05) is 6.54 Å². The zero-order valence-electron chi connectivity index (χ0n) is 9.78. The lowest BCUT2D eigenvalue weighted by Gasteiger charge is -2.37. The second-order valence-electron chi connectivity index (χ2n) is 4.78. The predicted octanol–water partition coefficient (Wildman–Crippen LogP) is 1.62. The van der Waals surface area contributed by atoms with E-state index in [2.05, 4.69) is 5.32 Å². The van der Waals surface area contributed by atoms with Crippen LogP contribution in [0.25, 0.3) is 0 Å². The van der Waals surface area contributed by atoms with Gasteiger partial charge in [0.15, 0.2) is 0 Å². The number of amides is 1. The summed E-state index contributed by atoms with van der Waals surface area (Å²) in [5.41, 5.74) is -0.753. The summed E-state index contributed by atoms with van der Waals surface area (Å²) in [5, 5.41) is 11.5. The first kappa shape index (κ1) is 12.8. The zero-order valence-corrected chi connectivity index (χ0v) is 9.78. The third-order valence-electron chi connectivity index (χ3n) is 2.88. The molecular formula is C11H19NO4. The molecule has 16 heavy (non-hydrogen) atoms. The van der Waals surface area contributed by atoms with Crippen LogP contribution in [-0.2, 0) is 9.53 Å². The summed E-state index contributed by atoms with van der Waals surface area (Å²) in [6.45, 7) is 4.40. The molecule has 5 nitrogen and oxygen atoms in total. The van der Waals surface area contributed by atoms with Crippen LogP contribution < -0.4 is 5.32 Å². The van der Waals surface area contributed by atoms with E-state index in [1.165, 1.54) is 0 Å². The van der Waals surface area contributed by atoms with Crippen molar-refractivity contribution < 1.29 is 19.4 Å². The molecule has 1 aliphatic rings. The molecule has 0 unspecified atom stereocenters. The van der Waals surface area contributed by atoms with Crippen LogP contribution in [0.3, 0.4) is 0 Å². The molecule has 0 bridgehead atoms. The minimum atomic E-state index is -0.831. The number of alkyl carbamates (subject to hydrolysis) is 1. The van der Waals surface area contributed by atoms with Gasteiger partial charge in [0.05, 0.1) is 12.0 Å². The molecule has 0 spiro atoms. The van der Waals surface area contributed by atoms with Crippen LogP contribution in [0.15, 0.2) is 0 Å². The van der Waals surface area contributed by atoms with Gasteiger partial charge < -0.3 is 15.2 Å². The maximum atomic E-state index is 11.2. The second kappa shape index (κ2) is 5.18. The number of aliphatic carboxylic acids is 1. The summed E-state index contributed by atoms with van der Waals surface area (Å²) in [7, 11) is 0. The molecule has 0 aromatic heterocycles. The SMILES string of the molecule is CC(C)COC(=O)NCC1(C(=O)O)CCC1. The Morgan fingerprint density at radius 1 is 1.44 bits per heavy atom. The smallest absolute Gasteiger partial charge is 0.407 e. The fourth-order valence-corrected chi connectivity index (χ4v) is 1.60. The lowest BCUT2D eigenvalue weighted by molar-refractivity contribution is -0.153. The third kappa shape index (κ3) is 3.12. The van der Waals surface area contributed by atoms with E-state index in [-0.39, 0.29) is 12.5 Å². The number of nitrogens with one attached hydrogen (secondary N) is 1. The Balaban J connectivity index is 2.28. The van der Waals surface area contributed by atoms with E-state index in [4.69, 9.17) is 9.84 Å². The van der Waals surface area contributed by atoms with Gasteiger partial charge in [0.25, 0.3) is 0 Å². The Bertz CT molecular complexity index is 271. The average Bonchev–Trinajstić information content (AvgIpc) is 2.12. The van der Waals surface area contributed by atoms with Crippen molar-refractivity contribution in [1.29, 1.82) is 0 Å². The number of rotatable bonds is 5. The zero-order chi connectivity index (χ0) is 12.2. The Morgan fingerprint density at radius 3 is 2.44 bits per heavy atom. The fourth-order valence-electron chi connectivity index (χ4n) is 1.60. The molecule has 1 fully saturated rings. The minimum Gasteiger partial charge on any atom is -0.481 e. The molecule has 1 amide bonds. The predicted molar refractivity (Wildman–Crippen MR) is 58.1 cm³/mol. The molecule has 1 saturated carbocycles. The van der Waals surface area contributed by atoms with Crippen LogP contribution in [0.2, 0.25) is 0 Å². The van der Waals surface area contributed by atoms with E-state index in [1.54, 1.807) is 0 Å². The van der Waals surface area contributed by atoms with Gasteiger partial charge in [-0.25, -0.2) is 4.79 Å². The largest absolute Gasteiger partial charge is 0.481 e. The molecule has 0 aromatic rings. The highest BCUT2D eigenvalue weighted by molar-refractivity contribution is 5.77. The van der Waals surface area contributed by atoms with Gasteiger partial charge in [0.2, 0.25) is 0 Å². The van der Waals surface area contributed by atoms with Crippen molar-refractivity contribution in [2.24, 2.45) is 11.3 Å². The lowest BCUT2D eigenvalue weighted by Crippen LogP contribution is -2.47. The van der Waals surface area contributed by atoms with Crippen LogP contribution in [0.4, 0.5) is 4.79 Å². The second-order valence-corrected chi connectivity index (χ2v) is 4.78. The molecule has 0 heterocycles. The highest BCUT2D eigenvalue weighted by Gasteiger charge is 2.44. The molecule has 5 heteroatoms. The number of carbonyl (C=O) groups is 2. The van der Waals surface area contributed by atoms with Gasteiger partial charge in [0.1, 0.15) is 0 Å². The van der Waals surface area contributed by atoms with Crippen molar-refractivity contribution in [1.82, 2.24) is 5.32 Å². The molecule has 92 valence electrons. The van der Waals surface area contributed by atoms with E-state index in [9.17, 15) is 9.59 Å². The van der Waals surface area contributed by atoms with E-state index < -0.39 is 17.5 Å². The van der Waals surface area contributed by atoms with Gasteiger partial charge >= 0.3 is 12.1 Å². The van der Waals surface area contributed by atoms with E-state index in [0.29, 0.717) is 19.4 Å². The maximum absolute atomic E-state index is 11.2. The average molecular weight is 229 g/mol. The molecule has 1 rings (SSSR count). The van der Waals surface area contributed by atoms with Gasteiger partial charge in [-0.3, -0.25) is 4.79 Å². The van der Waals surface area contributed by atoms with E-state index >= 15 is 0 Å². The van der Waals surface area contributed by atoms with Gasteiger partial charge in [-0.05, 0) is 18.8 Å². The van der Waals surface area contributed by atoms with E-state index in [1.807, 2.05) is 13.8 Å². The molecule has 0 radical (unpaired) electrons. The van der Waals surface area contributed by atoms with E-state index in [0.717, 1.165) is 6.42 Å². The summed E-state index contributed by atoms with van der Waals surface area (Å²) in [4.78, 5) is 22.2. The van der Waals surface area contributed by atoms with Crippen LogP contribution in [0.1, 0.15) is 33.1 Å². The first-order valence-electron chi connectivity index (χ1n) is 5.60. The topological polar surface area (TPSA) is 75.6 Å². The van der Waals surface area contributed by atoms with Crippen molar-refractivity contribution in [2.75, 3.05) is 13.2 Å². The van der Waals surface area contributed by atoms with Crippen LogP contribution in [0, 0.1) is 11.3 Å². The minimum absolute atomic E-state index is 0.166. The summed E-state index contributed by atoms with van der Waals surface area (Å²) in [6.07, 6.45) is 1.65. The Hall–Kier alpha value is -1.26. The highest BCUT2D eigenvalue weighted by Crippen LogP contribution is 2.40. The monoisotopic (exact) mass is 229 g/mol. The molecule has 0 saturated heterocycles. The summed E-state index contributed by atoms with van der Waals surface area (Å²) in [5.74, 6) is -0.550. The molecule has 1 aliphatic carbocycles. The Labute approximate surface area is 95.2 Å². The van der Waals surface area contributed by atoms with Crippen molar-refractivity contribution in [3.05, 3.63) is 0 Å². The Kier molecular flexibility index (Phi) is 4.15. The standard InChI is InChI=1S/C11H19NO4/c1-8(2)6-16-10(15)12-7-11(9(13)14)4-3-5-11/h8H,3-7H2,1-2H3,(H,12,15)(H,13,14). The number of hydrogen-bond donors (Lipinski definition) is 2. The first-order chi connectivity index (χ1) is 7.46. The number of ether oxygens (including phenoxy) is 1. The Morgan fingerprint density at radius 2 is 2.06 bits per heavy atom. The summed E-state index contributed by atoms with van der Waals surface area (Å²) < 4.78 is 4.90. The quantitative estimate of drug-likeness (QED) is 0.751. The molecule has 0 aromatic carbocycles. The number of carbonyl (C=O) groups excluding carboxylic acids is 1. The summed E-state index contributed by atoms with van der Waals surface area (Å²) >= 11 is 0. The van der Waals surface area contributed by atoms with Crippen LogP contribution in [0.5, 0.6) is 0 Å². The molecular weight excluding hydrogens is 210 g/mol. The normalized spacial score (nSPS) is 17.7. The third-order valence-corrected chi connectivity index (χ3v) is 2.88. The number of carboxylic acid groups (broad SMARTS) is 1. The number of carboxylic acids is 1. The van der Waals surface area contributed by atoms with Crippen LogP contribution >= 0.6 is 0 Å².